The predicted octanol–water partition coefficient (Wildman–Crippen LogP) is 2.36. The molecule has 1 aromatic heterocycles. The maximum absolute atomic E-state index is 13.3. The van der Waals surface area contributed by atoms with Crippen molar-refractivity contribution >= 4 is 5.82 Å². The number of hydrogen-bond donors (Lipinski definition) is 1. The van der Waals surface area contributed by atoms with Crippen LogP contribution in [0.5, 0.6) is 0 Å². The van der Waals surface area contributed by atoms with Gasteiger partial charge < -0.3 is 10.0 Å². The molecule has 2 saturated carbocycles. The van der Waals surface area contributed by atoms with Crippen molar-refractivity contribution in [1.29, 1.82) is 0 Å². The zero-order valence-corrected chi connectivity index (χ0v) is 10.7. The lowest BCUT2D eigenvalue weighted by Gasteiger charge is -2.29. The topological polar surface area (TPSA) is 36.4 Å². The number of pyridine rings is 1. The van der Waals surface area contributed by atoms with Gasteiger partial charge in [-0.15, -0.1) is 0 Å². The minimum absolute atomic E-state index is 0.0396. The molecule has 0 amide bonds. The van der Waals surface area contributed by atoms with Crippen molar-refractivity contribution in [2.24, 2.45) is 17.8 Å². The van der Waals surface area contributed by atoms with Gasteiger partial charge in [0.05, 0.1) is 12.1 Å². The molecule has 3 fully saturated rings. The molecule has 108 valence electrons. The molecule has 0 radical (unpaired) electrons. The molecule has 3 nitrogen and oxygen atoms in total. The predicted molar refractivity (Wildman–Crippen MR) is 66.0 cm³/mol. The minimum Gasteiger partial charge on any atom is -0.391 e. The Labute approximate surface area is 114 Å². The van der Waals surface area contributed by atoms with Gasteiger partial charge in [-0.25, -0.2) is 18.2 Å². The van der Waals surface area contributed by atoms with Crippen molar-refractivity contribution in [1.82, 2.24) is 4.98 Å². The molecule has 1 saturated heterocycles. The number of anilines is 1. The largest absolute Gasteiger partial charge is 0.391 e. The van der Waals surface area contributed by atoms with Crippen molar-refractivity contribution in [3.05, 3.63) is 23.6 Å². The van der Waals surface area contributed by atoms with Crippen molar-refractivity contribution in [2.45, 2.75) is 31.4 Å². The number of aliphatic hydroxyl groups is 1. The van der Waals surface area contributed by atoms with Crippen LogP contribution in [0.25, 0.3) is 0 Å². The molecular formula is C14H15F3N2O. The van der Waals surface area contributed by atoms with Crippen LogP contribution in [0.15, 0.2) is 12.1 Å². The van der Waals surface area contributed by atoms with Gasteiger partial charge in [-0.3, -0.25) is 0 Å². The Hall–Kier alpha value is -1.30. The van der Waals surface area contributed by atoms with Crippen LogP contribution in [0, 0.1) is 23.6 Å². The van der Waals surface area contributed by atoms with Gasteiger partial charge in [-0.05, 0) is 42.7 Å². The fourth-order valence-electron chi connectivity index (χ4n) is 4.44. The maximum atomic E-state index is 13.3. The highest BCUT2D eigenvalue weighted by molar-refractivity contribution is 5.45. The minimum atomic E-state index is -2.92. The lowest BCUT2D eigenvalue weighted by atomic mass is 9.88. The summed E-state index contributed by atoms with van der Waals surface area (Å²) in [4.78, 5) is 5.69. The summed E-state index contributed by atoms with van der Waals surface area (Å²) in [5.74, 6) is 0.652. The average Bonchev–Trinajstić information content (AvgIpc) is 3.00. The van der Waals surface area contributed by atoms with Crippen LogP contribution in [0.4, 0.5) is 19.0 Å². The SMILES string of the molecule is OC1C2CC3CN(c4ccc(F)c(C(F)F)n4)C1C3C2. The number of fused-ring (bicyclic) bond motifs is 1. The van der Waals surface area contributed by atoms with Crippen LogP contribution in [0.3, 0.4) is 0 Å². The van der Waals surface area contributed by atoms with E-state index in [9.17, 15) is 18.3 Å². The first-order valence-electron chi connectivity index (χ1n) is 6.95. The number of aliphatic hydroxyl groups excluding tert-OH is 1. The summed E-state index contributed by atoms with van der Waals surface area (Å²) in [5.41, 5.74) is -0.800. The van der Waals surface area contributed by atoms with Crippen LogP contribution in [-0.4, -0.2) is 28.8 Å². The van der Waals surface area contributed by atoms with Crippen LogP contribution in [-0.2, 0) is 0 Å². The summed E-state index contributed by atoms with van der Waals surface area (Å²) in [5, 5.41) is 10.3. The van der Waals surface area contributed by atoms with E-state index in [0.717, 1.165) is 25.5 Å². The summed E-state index contributed by atoms with van der Waals surface area (Å²) >= 11 is 0. The third-order valence-electron chi connectivity index (χ3n) is 5.21. The zero-order valence-electron chi connectivity index (χ0n) is 10.7. The summed E-state index contributed by atoms with van der Waals surface area (Å²) < 4.78 is 38.8. The van der Waals surface area contributed by atoms with E-state index >= 15 is 0 Å². The van der Waals surface area contributed by atoms with Gasteiger partial charge in [-0.2, -0.15) is 0 Å². The van der Waals surface area contributed by atoms with Gasteiger partial charge in [0, 0.05) is 6.54 Å². The zero-order chi connectivity index (χ0) is 14.0. The third kappa shape index (κ3) is 1.54. The number of rotatable bonds is 2. The number of nitrogens with zero attached hydrogens (tertiary/aromatic N) is 2. The molecule has 1 aliphatic heterocycles. The Balaban J connectivity index is 1.70. The van der Waals surface area contributed by atoms with Crippen molar-refractivity contribution in [3.63, 3.8) is 0 Å². The van der Waals surface area contributed by atoms with E-state index in [0.29, 0.717) is 23.6 Å². The molecule has 1 aromatic rings. The first kappa shape index (κ1) is 12.4. The van der Waals surface area contributed by atoms with Gasteiger partial charge in [0.25, 0.3) is 6.43 Å². The highest BCUT2D eigenvalue weighted by Gasteiger charge is 2.59. The average molecular weight is 284 g/mol. The van der Waals surface area contributed by atoms with E-state index in [4.69, 9.17) is 0 Å². The van der Waals surface area contributed by atoms with Crippen LogP contribution < -0.4 is 4.90 Å². The molecule has 2 aliphatic carbocycles. The third-order valence-corrected chi connectivity index (χ3v) is 5.21. The van der Waals surface area contributed by atoms with Crippen LogP contribution in [0.1, 0.15) is 25.0 Å². The summed E-state index contributed by atoms with van der Waals surface area (Å²) in [6.45, 7) is 0.726. The van der Waals surface area contributed by atoms with E-state index in [-0.39, 0.29) is 6.04 Å². The lowest BCUT2D eigenvalue weighted by Crippen LogP contribution is -2.41. The highest BCUT2D eigenvalue weighted by atomic mass is 19.3. The normalized spacial score (nSPS) is 38.2. The Morgan fingerprint density at radius 2 is 2.05 bits per heavy atom. The second kappa shape index (κ2) is 4.10. The number of hydrogen-bond acceptors (Lipinski definition) is 3. The Morgan fingerprint density at radius 3 is 2.75 bits per heavy atom. The molecule has 2 bridgehead atoms. The van der Waals surface area contributed by atoms with E-state index in [1.54, 1.807) is 0 Å². The molecule has 1 N–H and O–H groups in total. The second-order valence-electron chi connectivity index (χ2n) is 6.13. The molecular weight excluding hydrogens is 269 g/mol. The summed E-state index contributed by atoms with van der Waals surface area (Å²) in [6, 6.07) is 2.44. The standard InChI is InChI=1S/C14H15F3N2O/c15-9-1-2-10(18-11(9)14(16)17)19-5-7-3-6-4-8(7)12(19)13(6)20/h1-2,6-8,12-14,20H,3-5H2. The molecule has 2 heterocycles. The Bertz CT molecular complexity index is 551. The fraction of sp³-hybridized carbons (Fsp3) is 0.643. The van der Waals surface area contributed by atoms with Gasteiger partial charge in [0.1, 0.15) is 11.5 Å². The highest BCUT2D eigenvalue weighted by Crippen LogP contribution is 2.55. The van der Waals surface area contributed by atoms with Crippen molar-refractivity contribution in [2.75, 3.05) is 11.4 Å². The van der Waals surface area contributed by atoms with E-state index in [1.165, 1.54) is 6.07 Å². The molecule has 3 aliphatic rings. The number of aromatic nitrogens is 1. The first-order valence-corrected chi connectivity index (χ1v) is 6.95. The van der Waals surface area contributed by atoms with Crippen LogP contribution >= 0.6 is 0 Å². The number of alkyl halides is 2. The molecule has 5 atom stereocenters. The molecule has 4 rings (SSSR count). The number of halogens is 3. The Kier molecular flexibility index (Phi) is 2.55. The monoisotopic (exact) mass is 284 g/mol. The second-order valence-corrected chi connectivity index (χ2v) is 6.13. The fourth-order valence-corrected chi connectivity index (χ4v) is 4.44. The van der Waals surface area contributed by atoms with E-state index in [1.807, 2.05) is 4.90 Å². The van der Waals surface area contributed by atoms with E-state index in [2.05, 4.69) is 4.98 Å². The molecule has 5 unspecified atom stereocenters. The summed E-state index contributed by atoms with van der Waals surface area (Å²) in [7, 11) is 0. The molecule has 0 spiro atoms. The smallest absolute Gasteiger partial charge is 0.283 e. The summed E-state index contributed by atoms with van der Waals surface area (Å²) in [6.07, 6.45) is -1.33. The van der Waals surface area contributed by atoms with Gasteiger partial charge in [-0.1, -0.05) is 0 Å². The lowest BCUT2D eigenvalue weighted by molar-refractivity contribution is 0.0964. The van der Waals surface area contributed by atoms with Crippen LogP contribution in [0.2, 0.25) is 0 Å². The first-order chi connectivity index (χ1) is 9.56. The van der Waals surface area contributed by atoms with Gasteiger partial charge in [0.15, 0.2) is 5.82 Å². The maximum Gasteiger partial charge on any atom is 0.283 e. The molecule has 20 heavy (non-hydrogen) atoms. The molecule has 6 heteroatoms. The van der Waals surface area contributed by atoms with Crippen molar-refractivity contribution in [3.8, 4) is 0 Å². The van der Waals surface area contributed by atoms with Gasteiger partial charge >= 0.3 is 0 Å². The van der Waals surface area contributed by atoms with Gasteiger partial charge in [0.2, 0.25) is 0 Å². The molecule has 0 aromatic carbocycles. The van der Waals surface area contributed by atoms with Crippen molar-refractivity contribution < 1.29 is 18.3 Å². The Morgan fingerprint density at radius 1 is 1.25 bits per heavy atom. The van der Waals surface area contributed by atoms with E-state index < -0.39 is 24.0 Å². The quantitative estimate of drug-likeness (QED) is 0.905.